The number of aromatic nitrogens is 1. The number of hydrogen-bond donors (Lipinski definition) is 2. The molecule has 0 amide bonds. The Labute approximate surface area is 224 Å². The smallest absolute Gasteiger partial charge is 0.338 e. The Hall–Kier alpha value is -3.66. The minimum absolute atomic E-state index is 0.0728. The van der Waals surface area contributed by atoms with Gasteiger partial charge in [0.05, 0.1) is 54.3 Å². The number of methoxy groups -OCH3 is 3. The Morgan fingerprint density at radius 2 is 1.58 bits per heavy atom. The topological polar surface area (TPSA) is 107 Å². The maximum atomic E-state index is 11.9. The summed E-state index contributed by atoms with van der Waals surface area (Å²) < 4.78 is 23.4. The van der Waals surface area contributed by atoms with Gasteiger partial charge < -0.3 is 29.2 Å². The van der Waals surface area contributed by atoms with Crippen molar-refractivity contribution in [2.24, 2.45) is 0 Å². The molecule has 0 spiro atoms. The van der Waals surface area contributed by atoms with Gasteiger partial charge in [-0.05, 0) is 53.8 Å². The van der Waals surface area contributed by atoms with Gasteiger partial charge in [-0.15, -0.1) is 11.3 Å². The van der Waals surface area contributed by atoms with Crippen LogP contribution in [0.2, 0.25) is 0 Å². The number of carboxylic acids is 1. The van der Waals surface area contributed by atoms with Crippen molar-refractivity contribution in [3.05, 3.63) is 81.9 Å². The molecule has 0 aliphatic heterocycles. The minimum atomic E-state index is -1.08. The van der Waals surface area contributed by atoms with E-state index in [0.29, 0.717) is 38.0 Å². The SMILES string of the molecule is COc1cc(OC)cc([C@@H](O)[C@H](Cc2nc3c(C(=O)O)cc(OC)cc3s2)OC2Cc3ccccc3C2)c1. The lowest BCUT2D eigenvalue weighted by Crippen LogP contribution is -2.30. The van der Waals surface area contributed by atoms with E-state index in [1.54, 1.807) is 38.5 Å². The third kappa shape index (κ3) is 5.31. The first-order valence-corrected chi connectivity index (χ1v) is 13.0. The highest BCUT2D eigenvalue weighted by atomic mass is 32.1. The summed E-state index contributed by atoms with van der Waals surface area (Å²) in [5.41, 5.74) is 3.54. The Kier molecular flexibility index (Phi) is 7.51. The molecule has 3 aromatic carbocycles. The fourth-order valence-electron chi connectivity index (χ4n) is 4.90. The average Bonchev–Trinajstić information content (AvgIpc) is 3.54. The maximum Gasteiger partial charge on any atom is 0.338 e. The van der Waals surface area contributed by atoms with Crippen molar-refractivity contribution in [1.29, 1.82) is 0 Å². The summed E-state index contributed by atoms with van der Waals surface area (Å²) in [5, 5.41) is 22.0. The van der Waals surface area contributed by atoms with Crippen LogP contribution in [0, 0.1) is 0 Å². The summed E-state index contributed by atoms with van der Waals surface area (Å²) >= 11 is 1.36. The van der Waals surface area contributed by atoms with Crippen molar-refractivity contribution in [2.45, 2.75) is 37.6 Å². The summed E-state index contributed by atoms with van der Waals surface area (Å²) in [5.74, 6) is 0.489. The van der Waals surface area contributed by atoms with Crippen LogP contribution in [0.1, 0.15) is 38.2 Å². The van der Waals surface area contributed by atoms with Gasteiger partial charge in [-0.25, -0.2) is 9.78 Å². The molecule has 198 valence electrons. The third-order valence-corrected chi connectivity index (χ3v) is 7.83. The number of aromatic carboxylic acids is 1. The second kappa shape index (κ2) is 11.0. The van der Waals surface area contributed by atoms with Crippen molar-refractivity contribution in [3.8, 4) is 17.2 Å². The van der Waals surface area contributed by atoms with Crippen LogP contribution < -0.4 is 14.2 Å². The molecule has 0 saturated heterocycles. The number of ether oxygens (including phenoxy) is 4. The van der Waals surface area contributed by atoms with Crippen LogP contribution in [0.25, 0.3) is 10.2 Å². The number of fused-ring (bicyclic) bond motifs is 2. The fraction of sp³-hybridized carbons (Fsp3) is 0.310. The number of hydrogen-bond acceptors (Lipinski definition) is 8. The molecule has 0 radical (unpaired) electrons. The van der Waals surface area contributed by atoms with Gasteiger partial charge >= 0.3 is 5.97 Å². The molecule has 1 aromatic heterocycles. The van der Waals surface area contributed by atoms with E-state index >= 15 is 0 Å². The summed E-state index contributed by atoms with van der Waals surface area (Å²) in [6.45, 7) is 0. The molecule has 2 atom stereocenters. The van der Waals surface area contributed by atoms with Crippen molar-refractivity contribution < 1.29 is 34.0 Å². The van der Waals surface area contributed by atoms with E-state index in [1.165, 1.54) is 35.6 Å². The van der Waals surface area contributed by atoms with Gasteiger partial charge in [0.1, 0.15) is 23.4 Å². The van der Waals surface area contributed by atoms with Crippen LogP contribution in [-0.2, 0) is 24.0 Å². The molecule has 1 aliphatic carbocycles. The van der Waals surface area contributed by atoms with Crippen LogP contribution in [0.15, 0.2) is 54.6 Å². The Morgan fingerprint density at radius 3 is 2.16 bits per heavy atom. The van der Waals surface area contributed by atoms with E-state index in [1.807, 2.05) is 12.1 Å². The number of aliphatic hydroxyl groups is 1. The molecule has 1 heterocycles. The molecule has 0 bridgehead atoms. The first-order valence-electron chi connectivity index (χ1n) is 12.2. The highest BCUT2D eigenvalue weighted by Gasteiger charge is 2.31. The molecule has 0 fully saturated rings. The molecule has 1 aliphatic rings. The van der Waals surface area contributed by atoms with E-state index in [0.717, 1.165) is 12.8 Å². The number of carbonyl (C=O) groups is 1. The molecule has 38 heavy (non-hydrogen) atoms. The van der Waals surface area contributed by atoms with Crippen LogP contribution in [-0.4, -0.2) is 54.7 Å². The number of carboxylic acid groups (broad SMARTS) is 1. The lowest BCUT2D eigenvalue weighted by Gasteiger charge is -2.27. The van der Waals surface area contributed by atoms with E-state index in [-0.39, 0.29) is 18.1 Å². The third-order valence-electron chi connectivity index (χ3n) is 6.80. The van der Waals surface area contributed by atoms with Gasteiger partial charge in [-0.3, -0.25) is 0 Å². The van der Waals surface area contributed by atoms with Crippen molar-refractivity contribution in [3.63, 3.8) is 0 Å². The van der Waals surface area contributed by atoms with Crippen LogP contribution in [0.3, 0.4) is 0 Å². The highest BCUT2D eigenvalue weighted by molar-refractivity contribution is 7.18. The lowest BCUT2D eigenvalue weighted by molar-refractivity contribution is -0.0743. The molecule has 2 N–H and O–H groups in total. The second-order valence-corrected chi connectivity index (χ2v) is 10.3. The summed E-state index contributed by atoms with van der Waals surface area (Å²) in [6, 6.07) is 16.8. The average molecular weight is 536 g/mol. The summed E-state index contributed by atoms with van der Waals surface area (Å²) in [4.78, 5) is 16.5. The van der Waals surface area contributed by atoms with Crippen LogP contribution in [0.5, 0.6) is 17.2 Å². The van der Waals surface area contributed by atoms with Gasteiger partial charge in [0, 0.05) is 12.5 Å². The molecule has 5 rings (SSSR count). The zero-order valence-corrected chi connectivity index (χ0v) is 22.2. The molecule has 9 heteroatoms. The summed E-state index contributed by atoms with van der Waals surface area (Å²) in [7, 11) is 4.62. The number of thiazole rings is 1. The zero-order chi connectivity index (χ0) is 26.8. The minimum Gasteiger partial charge on any atom is -0.497 e. The van der Waals surface area contributed by atoms with Crippen molar-refractivity contribution in [2.75, 3.05) is 21.3 Å². The number of benzene rings is 3. The number of rotatable bonds is 10. The van der Waals surface area contributed by atoms with Gasteiger partial charge in [0.2, 0.25) is 0 Å². The number of nitrogens with zero attached hydrogens (tertiary/aromatic N) is 1. The van der Waals surface area contributed by atoms with Crippen LogP contribution >= 0.6 is 11.3 Å². The fourth-order valence-corrected chi connectivity index (χ4v) is 5.97. The van der Waals surface area contributed by atoms with E-state index in [9.17, 15) is 15.0 Å². The monoisotopic (exact) mass is 535 g/mol. The first kappa shape index (κ1) is 26.0. The van der Waals surface area contributed by atoms with Gasteiger partial charge in [0.25, 0.3) is 0 Å². The Bertz CT molecular complexity index is 1420. The molecular weight excluding hydrogens is 506 g/mol. The van der Waals surface area contributed by atoms with Gasteiger partial charge in [-0.2, -0.15) is 0 Å². The van der Waals surface area contributed by atoms with Gasteiger partial charge in [-0.1, -0.05) is 24.3 Å². The van der Waals surface area contributed by atoms with E-state index in [4.69, 9.17) is 18.9 Å². The number of aliphatic hydroxyl groups excluding tert-OH is 1. The van der Waals surface area contributed by atoms with Gasteiger partial charge in [0.15, 0.2) is 0 Å². The quantitative estimate of drug-likeness (QED) is 0.297. The summed E-state index contributed by atoms with van der Waals surface area (Å²) in [6.07, 6.45) is 0.0183. The van der Waals surface area contributed by atoms with Crippen LogP contribution in [0.4, 0.5) is 0 Å². The van der Waals surface area contributed by atoms with E-state index < -0.39 is 18.2 Å². The van der Waals surface area contributed by atoms with Crippen molar-refractivity contribution in [1.82, 2.24) is 4.98 Å². The molecular formula is C29H29NO7S. The first-order chi connectivity index (χ1) is 18.4. The molecule has 0 saturated carbocycles. The molecule has 8 nitrogen and oxygen atoms in total. The predicted molar refractivity (Wildman–Crippen MR) is 144 cm³/mol. The normalized spacial score (nSPS) is 14.7. The molecule has 4 aromatic rings. The standard InChI is InChI=1S/C29H29NO7S/c1-34-19-10-18(11-20(12-19)35-2)28(31)24(37-22-8-16-6-4-5-7-17(16)9-22)15-26-30-27-23(29(32)33)13-21(36-3)14-25(27)38-26/h4-7,10-14,22,24,28,31H,8-9,15H2,1-3H3,(H,32,33)/t24-,28+/m0/s1. The largest absolute Gasteiger partial charge is 0.497 e. The second-order valence-electron chi connectivity index (χ2n) is 9.20. The zero-order valence-electron chi connectivity index (χ0n) is 21.3. The Balaban J connectivity index is 1.49. The van der Waals surface area contributed by atoms with Crippen molar-refractivity contribution >= 4 is 27.5 Å². The predicted octanol–water partition coefficient (Wildman–Crippen LogP) is 4.85. The highest BCUT2D eigenvalue weighted by Crippen LogP contribution is 2.35. The Morgan fingerprint density at radius 1 is 0.974 bits per heavy atom. The maximum absolute atomic E-state index is 11.9. The molecule has 0 unspecified atom stereocenters. The lowest BCUT2D eigenvalue weighted by atomic mass is 10.0. The van der Waals surface area contributed by atoms with E-state index in [2.05, 4.69) is 17.1 Å².